The van der Waals surface area contributed by atoms with Crippen molar-refractivity contribution in [2.75, 3.05) is 0 Å². The second-order valence-electron chi connectivity index (χ2n) is 6.69. The van der Waals surface area contributed by atoms with Crippen LogP contribution in [0.25, 0.3) is 0 Å². The summed E-state index contributed by atoms with van der Waals surface area (Å²) in [5.41, 5.74) is 2.93. The van der Waals surface area contributed by atoms with E-state index in [0.717, 1.165) is 0 Å². The molecule has 0 unspecified atom stereocenters. The number of rotatable bonds is 2. The Morgan fingerprint density at radius 2 is 1.52 bits per heavy atom. The highest BCUT2D eigenvalue weighted by Crippen LogP contribution is 2.60. The molecule has 0 spiro atoms. The first-order chi connectivity index (χ1) is 11.4. The standard InChI is InChI=1S/C21H24OS/c1-2-10-16-21(18-13-7-4-8-14-18)19(15-9-1)22-20(23-21)17-11-5-3-6-12-17/h3-8,11-14,19-20H,1-2,9-10,15-16H2/t19-,20-,21+/m0/s1. The minimum Gasteiger partial charge on any atom is -0.358 e. The number of thioether (sulfide) groups is 1. The van der Waals surface area contributed by atoms with E-state index in [1.54, 1.807) is 0 Å². The highest BCUT2D eigenvalue weighted by molar-refractivity contribution is 8.00. The van der Waals surface area contributed by atoms with Gasteiger partial charge in [0.05, 0.1) is 10.9 Å². The smallest absolute Gasteiger partial charge is 0.129 e. The van der Waals surface area contributed by atoms with Gasteiger partial charge in [-0.25, -0.2) is 0 Å². The molecule has 1 nitrogen and oxygen atoms in total. The average molecular weight is 324 g/mol. The minimum atomic E-state index is 0.127. The van der Waals surface area contributed by atoms with E-state index in [1.165, 1.54) is 49.7 Å². The lowest BCUT2D eigenvalue weighted by Gasteiger charge is -2.35. The lowest BCUT2D eigenvalue weighted by molar-refractivity contribution is 0.0187. The molecule has 0 N–H and O–H groups in total. The van der Waals surface area contributed by atoms with Crippen molar-refractivity contribution in [2.24, 2.45) is 0 Å². The summed E-state index contributed by atoms with van der Waals surface area (Å²) >= 11 is 2.05. The highest BCUT2D eigenvalue weighted by atomic mass is 32.2. The second kappa shape index (κ2) is 6.70. The van der Waals surface area contributed by atoms with E-state index in [2.05, 4.69) is 60.7 Å². The maximum atomic E-state index is 6.61. The lowest BCUT2D eigenvalue weighted by atomic mass is 9.82. The van der Waals surface area contributed by atoms with Crippen LogP contribution >= 0.6 is 11.8 Å². The van der Waals surface area contributed by atoms with Gasteiger partial charge in [-0.3, -0.25) is 0 Å². The van der Waals surface area contributed by atoms with Crippen LogP contribution in [-0.2, 0) is 9.48 Å². The van der Waals surface area contributed by atoms with E-state index in [9.17, 15) is 0 Å². The molecule has 1 saturated heterocycles. The number of benzene rings is 2. The van der Waals surface area contributed by atoms with Crippen molar-refractivity contribution in [1.82, 2.24) is 0 Å². The molecule has 0 bridgehead atoms. The zero-order valence-electron chi connectivity index (χ0n) is 13.5. The molecule has 1 saturated carbocycles. The fraction of sp³-hybridized carbons (Fsp3) is 0.429. The molecule has 1 aliphatic heterocycles. The third-order valence-corrected chi connectivity index (χ3v) is 6.94. The lowest BCUT2D eigenvalue weighted by Crippen LogP contribution is -2.34. The predicted molar refractivity (Wildman–Crippen MR) is 97.5 cm³/mol. The third-order valence-electron chi connectivity index (χ3n) is 5.22. The Morgan fingerprint density at radius 1 is 0.826 bits per heavy atom. The Hall–Kier alpha value is -1.25. The van der Waals surface area contributed by atoms with Crippen molar-refractivity contribution in [3.63, 3.8) is 0 Å². The van der Waals surface area contributed by atoms with E-state index < -0.39 is 0 Å². The van der Waals surface area contributed by atoms with Crippen LogP contribution in [0.1, 0.15) is 55.1 Å². The molecule has 0 radical (unpaired) electrons. The maximum absolute atomic E-state index is 6.61. The summed E-state index contributed by atoms with van der Waals surface area (Å²) in [6.07, 6.45) is 8.06. The van der Waals surface area contributed by atoms with Crippen LogP contribution in [0.5, 0.6) is 0 Å². The minimum absolute atomic E-state index is 0.127. The summed E-state index contributed by atoms with van der Waals surface area (Å²) in [5.74, 6) is 0. The Balaban J connectivity index is 1.71. The first-order valence-corrected chi connectivity index (χ1v) is 9.70. The maximum Gasteiger partial charge on any atom is 0.129 e. The third kappa shape index (κ3) is 2.95. The van der Waals surface area contributed by atoms with Gasteiger partial charge in [-0.05, 0) is 24.0 Å². The van der Waals surface area contributed by atoms with Crippen LogP contribution < -0.4 is 0 Å². The van der Waals surface area contributed by atoms with Crippen LogP contribution in [0.4, 0.5) is 0 Å². The molecule has 120 valence electrons. The van der Waals surface area contributed by atoms with Gasteiger partial charge >= 0.3 is 0 Å². The van der Waals surface area contributed by atoms with Crippen molar-refractivity contribution in [2.45, 2.75) is 54.8 Å². The number of fused-ring (bicyclic) bond motifs is 1. The van der Waals surface area contributed by atoms with Crippen molar-refractivity contribution in [3.05, 3.63) is 71.8 Å². The van der Waals surface area contributed by atoms with Crippen molar-refractivity contribution >= 4 is 11.8 Å². The molecule has 4 rings (SSSR count). The number of ether oxygens (including phenoxy) is 1. The zero-order chi connectivity index (χ0) is 15.5. The van der Waals surface area contributed by atoms with E-state index in [1.807, 2.05) is 11.8 Å². The molecule has 0 aromatic heterocycles. The van der Waals surface area contributed by atoms with Crippen LogP contribution in [0.15, 0.2) is 60.7 Å². The normalized spacial score (nSPS) is 31.1. The van der Waals surface area contributed by atoms with Crippen molar-refractivity contribution in [1.29, 1.82) is 0 Å². The Morgan fingerprint density at radius 3 is 2.30 bits per heavy atom. The van der Waals surface area contributed by atoms with Gasteiger partial charge in [-0.1, -0.05) is 86.3 Å². The first-order valence-electron chi connectivity index (χ1n) is 8.82. The average Bonchev–Trinajstić information content (AvgIpc) is 2.96. The van der Waals surface area contributed by atoms with Crippen LogP contribution in [0.2, 0.25) is 0 Å². The molecular weight excluding hydrogens is 300 g/mol. The molecule has 23 heavy (non-hydrogen) atoms. The van der Waals surface area contributed by atoms with Crippen LogP contribution in [0, 0.1) is 0 Å². The SMILES string of the molecule is c1ccc([C@H]2O[C@H]3CCCCCC[C@]3(c3ccccc3)S2)cc1. The van der Waals surface area contributed by atoms with E-state index >= 15 is 0 Å². The second-order valence-corrected chi connectivity index (χ2v) is 8.09. The highest BCUT2D eigenvalue weighted by Gasteiger charge is 2.50. The van der Waals surface area contributed by atoms with Crippen LogP contribution in [-0.4, -0.2) is 6.10 Å². The predicted octanol–water partition coefficient (Wildman–Crippen LogP) is 6.07. The zero-order valence-corrected chi connectivity index (χ0v) is 14.3. The number of hydrogen-bond donors (Lipinski definition) is 0. The van der Waals surface area contributed by atoms with Gasteiger partial charge in [0.25, 0.3) is 0 Å². The number of hydrogen-bond acceptors (Lipinski definition) is 2. The van der Waals surface area contributed by atoms with E-state index in [-0.39, 0.29) is 10.2 Å². The molecule has 2 aromatic rings. The van der Waals surface area contributed by atoms with Gasteiger partial charge < -0.3 is 4.74 Å². The summed E-state index contributed by atoms with van der Waals surface area (Å²) in [6, 6.07) is 21.8. The Kier molecular flexibility index (Phi) is 4.46. The molecule has 0 amide bonds. The molecular formula is C21H24OS. The quantitative estimate of drug-likeness (QED) is 0.663. The van der Waals surface area contributed by atoms with E-state index in [4.69, 9.17) is 4.74 Å². The van der Waals surface area contributed by atoms with Gasteiger partial charge in [0.2, 0.25) is 0 Å². The Labute approximate surface area is 143 Å². The summed E-state index contributed by atoms with van der Waals surface area (Å²) < 4.78 is 6.73. The summed E-state index contributed by atoms with van der Waals surface area (Å²) in [4.78, 5) is 0. The topological polar surface area (TPSA) is 9.23 Å². The van der Waals surface area contributed by atoms with Gasteiger partial charge in [-0.2, -0.15) is 0 Å². The first kappa shape index (κ1) is 15.3. The monoisotopic (exact) mass is 324 g/mol. The largest absolute Gasteiger partial charge is 0.358 e. The molecule has 3 atom stereocenters. The molecule has 2 aromatic carbocycles. The van der Waals surface area contributed by atoms with Gasteiger partial charge in [0, 0.05) is 0 Å². The van der Waals surface area contributed by atoms with Crippen molar-refractivity contribution in [3.8, 4) is 0 Å². The molecule has 2 fully saturated rings. The summed E-state index contributed by atoms with van der Waals surface area (Å²) in [7, 11) is 0. The summed E-state index contributed by atoms with van der Waals surface area (Å²) in [5, 5.41) is 0. The molecule has 2 aliphatic rings. The van der Waals surface area contributed by atoms with Gasteiger partial charge in [0.1, 0.15) is 5.44 Å². The molecule has 1 aliphatic carbocycles. The van der Waals surface area contributed by atoms with Gasteiger partial charge in [-0.15, -0.1) is 11.8 Å². The fourth-order valence-corrected chi connectivity index (χ4v) is 5.75. The van der Waals surface area contributed by atoms with E-state index in [0.29, 0.717) is 6.10 Å². The van der Waals surface area contributed by atoms with Crippen molar-refractivity contribution < 1.29 is 4.74 Å². The fourth-order valence-electron chi connectivity index (χ4n) is 4.02. The van der Waals surface area contributed by atoms with Crippen LogP contribution in [0.3, 0.4) is 0 Å². The van der Waals surface area contributed by atoms with Gasteiger partial charge in [0.15, 0.2) is 0 Å². The molecule has 2 heteroatoms. The summed E-state index contributed by atoms with van der Waals surface area (Å²) in [6.45, 7) is 0. The Bertz CT molecular complexity index is 627. The molecule has 1 heterocycles.